The van der Waals surface area contributed by atoms with Gasteiger partial charge in [-0.15, -0.1) is 0 Å². The summed E-state index contributed by atoms with van der Waals surface area (Å²) < 4.78 is 0. The van der Waals surface area contributed by atoms with Crippen LogP contribution in [0.25, 0.3) is 10.9 Å². The first-order chi connectivity index (χ1) is 7.86. The molecule has 0 N–H and O–H groups in total. The molecule has 16 heavy (non-hydrogen) atoms. The third kappa shape index (κ3) is 2.30. The van der Waals surface area contributed by atoms with Crippen LogP contribution in [0.15, 0.2) is 29.4 Å². The highest BCUT2D eigenvalue weighted by Gasteiger charge is 2.09. The normalized spacial score (nSPS) is 10.9. The summed E-state index contributed by atoms with van der Waals surface area (Å²) in [7, 11) is 7.15. The van der Waals surface area contributed by atoms with Crippen LogP contribution in [0.2, 0.25) is 0 Å². The van der Waals surface area contributed by atoms with Crippen molar-refractivity contribution in [3.05, 3.63) is 30.2 Å². The minimum atomic E-state index is 0.962. The fourth-order valence-corrected chi connectivity index (χ4v) is 2.63. The predicted molar refractivity (Wildman–Crippen MR) is 69.9 cm³/mol. The van der Waals surface area contributed by atoms with E-state index in [9.17, 15) is 0 Å². The zero-order valence-corrected chi connectivity index (χ0v) is 10.7. The molecule has 0 saturated carbocycles. The summed E-state index contributed by atoms with van der Waals surface area (Å²) in [5, 5.41) is 1.05. The Morgan fingerprint density at radius 2 is 2.25 bits per heavy atom. The lowest BCUT2D eigenvalue weighted by Crippen LogP contribution is -1.95. The van der Waals surface area contributed by atoms with Gasteiger partial charge in [-0.2, -0.15) is 0 Å². The molecule has 0 atom stereocenters. The third-order valence-electron chi connectivity index (χ3n) is 2.52. The molecule has 2 heterocycles. The summed E-state index contributed by atoms with van der Waals surface area (Å²) in [5.74, 6) is 0. The number of nitrogens with zero attached hydrogens (tertiary/aromatic N) is 2. The molecule has 0 saturated heterocycles. The molecule has 0 aliphatic rings. The van der Waals surface area contributed by atoms with Crippen LogP contribution >= 0.6 is 21.7 Å². The number of pyridine rings is 2. The number of hydrogen-bond donors (Lipinski definition) is 0. The molecule has 0 amide bonds. The molecular weight excluding hydrogens is 240 g/mol. The zero-order chi connectivity index (χ0) is 11.4. The van der Waals surface area contributed by atoms with Crippen LogP contribution in [-0.4, -0.2) is 9.97 Å². The maximum Gasteiger partial charge on any atom is 0.0883 e. The fraction of sp³-hybridized carbons (Fsp3) is 0.333. The number of unbranched alkanes of at least 4 members (excludes halogenated alkanes) is 1. The molecule has 0 aromatic carbocycles. The molecule has 84 valence electrons. The lowest BCUT2D eigenvalue weighted by atomic mass is 10.1. The van der Waals surface area contributed by atoms with Crippen molar-refractivity contribution in [2.24, 2.45) is 0 Å². The van der Waals surface area contributed by atoms with E-state index in [2.05, 4.69) is 16.9 Å². The average Bonchev–Trinajstić information content (AvgIpc) is 2.35. The summed E-state index contributed by atoms with van der Waals surface area (Å²) in [6, 6.07) is 3.92. The molecule has 0 bridgehead atoms. The molecule has 0 aliphatic heterocycles. The standard InChI is InChI=1S/C12H13ClN2S/c1-2-3-6-10-12(16-13)11-9(8-15-10)5-4-7-14-11/h4-5,7-8H,2-3,6H2,1H3. The van der Waals surface area contributed by atoms with Crippen molar-refractivity contribution in [1.82, 2.24) is 9.97 Å². The SMILES string of the molecule is CCCCc1ncc2cccnc2c1SCl. The van der Waals surface area contributed by atoms with Crippen LogP contribution in [0.4, 0.5) is 0 Å². The van der Waals surface area contributed by atoms with Crippen molar-refractivity contribution >= 4 is 32.6 Å². The Labute approximate surface area is 104 Å². The van der Waals surface area contributed by atoms with Crippen LogP contribution in [-0.2, 0) is 6.42 Å². The van der Waals surface area contributed by atoms with Crippen molar-refractivity contribution in [3.8, 4) is 0 Å². The number of aryl methyl sites for hydroxylation is 1. The van der Waals surface area contributed by atoms with Gasteiger partial charge in [0.15, 0.2) is 0 Å². The molecule has 0 spiro atoms. The van der Waals surface area contributed by atoms with E-state index in [0.717, 1.165) is 40.8 Å². The minimum Gasteiger partial charge on any atom is -0.259 e. The van der Waals surface area contributed by atoms with E-state index in [1.54, 1.807) is 6.20 Å². The maximum absolute atomic E-state index is 5.93. The van der Waals surface area contributed by atoms with Crippen LogP contribution in [0.3, 0.4) is 0 Å². The van der Waals surface area contributed by atoms with Gasteiger partial charge >= 0.3 is 0 Å². The molecule has 0 unspecified atom stereocenters. The summed E-state index contributed by atoms with van der Waals surface area (Å²) in [6.45, 7) is 2.17. The summed E-state index contributed by atoms with van der Waals surface area (Å²) >= 11 is 0. The Morgan fingerprint density at radius 1 is 1.38 bits per heavy atom. The predicted octanol–water partition coefficient (Wildman–Crippen LogP) is 4.22. The Hall–Kier alpha value is -0.800. The van der Waals surface area contributed by atoms with E-state index in [4.69, 9.17) is 10.7 Å². The van der Waals surface area contributed by atoms with Gasteiger partial charge in [-0.3, -0.25) is 9.97 Å². The van der Waals surface area contributed by atoms with Crippen molar-refractivity contribution in [1.29, 1.82) is 0 Å². The Balaban J connectivity index is 2.50. The van der Waals surface area contributed by atoms with Gasteiger partial charge < -0.3 is 0 Å². The second kappa shape index (κ2) is 5.51. The molecule has 0 radical (unpaired) electrons. The molecule has 4 heteroatoms. The number of rotatable bonds is 4. The van der Waals surface area contributed by atoms with Gasteiger partial charge in [-0.25, -0.2) is 0 Å². The summed E-state index contributed by atoms with van der Waals surface area (Å²) in [5.41, 5.74) is 2.02. The second-order valence-corrected chi connectivity index (χ2v) is 4.68. The number of hydrogen-bond acceptors (Lipinski definition) is 3. The summed E-state index contributed by atoms with van der Waals surface area (Å²) in [4.78, 5) is 9.85. The highest BCUT2D eigenvalue weighted by atomic mass is 35.7. The lowest BCUT2D eigenvalue weighted by Gasteiger charge is -2.07. The smallest absolute Gasteiger partial charge is 0.0883 e. The first kappa shape index (κ1) is 11.7. The van der Waals surface area contributed by atoms with E-state index in [1.165, 1.54) is 11.0 Å². The quantitative estimate of drug-likeness (QED) is 0.815. The third-order valence-corrected chi connectivity index (χ3v) is 3.57. The maximum atomic E-state index is 5.93. The molecule has 0 fully saturated rings. The number of aromatic nitrogens is 2. The molecule has 2 aromatic heterocycles. The average molecular weight is 253 g/mol. The van der Waals surface area contributed by atoms with Crippen molar-refractivity contribution in [2.75, 3.05) is 0 Å². The van der Waals surface area contributed by atoms with Gasteiger partial charge in [0, 0.05) is 17.8 Å². The van der Waals surface area contributed by atoms with Crippen LogP contribution in [0.1, 0.15) is 25.5 Å². The van der Waals surface area contributed by atoms with E-state index in [-0.39, 0.29) is 0 Å². The van der Waals surface area contributed by atoms with Gasteiger partial charge in [0.25, 0.3) is 0 Å². The topological polar surface area (TPSA) is 25.8 Å². The second-order valence-electron chi connectivity index (χ2n) is 3.66. The van der Waals surface area contributed by atoms with Gasteiger partial charge in [0.2, 0.25) is 0 Å². The first-order valence-corrected chi connectivity index (χ1v) is 7.02. The van der Waals surface area contributed by atoms with E-state index in [1.807, 2.05) is 18.3 Å². The minimum absolute atomic E-state index is 0.962. The highest BCUT2D eigenvalue weighted by Crippen LogP contribution is 2.31. The first-order valence-electron chi connectivity index (χ1n) is 5.38. The fourth-order valence-electron chi connectivity index (χ4n) is 1.66. The molecule has 2 nitrogen and oxygen atoms in total. The summed E-state index contributed by atoms with van der Waals surface area (Å²) in [6.07, 6.45) is 6.94. The Kier molecular flexibility index (Phi) is 4.02. The van der Waals surface area contributed by atoms with Crippen LogP contribution in [0.5, 0.6) is 0 Å². The molecular formula is C12H13ClN2S. The zero-order valence-electron chi connectivity index (χ0n) is 9.11. The van der Waals surface area contributed by atoms with Crippen molar-refractivity contribution < 1.29 is 0 Å². The molecule has 0 aliphatic carbocycles. The van der Waals surface area contributed by atoms with Gasteiger partial charge in [-0.1, -0.05) is 13.3 Å². The van der Waals surface area contributed by atoms with Crippen LogP contribution < -0.4 is 0 Å². The largest absolute Gasteiger partial charge is 0.259 e. The monoisotopic (exact) mass is 252 g/mol. The van der Waals surface area contributed by atoms with Gasteiger partial charge in [-0.05, 0) is 46.6 Å². The number of halogens is 1. The lowest BCUT2D eigenvalue weighted by molar-refractivity contribution is 0.766. The number of fused-ring (bicyclic) bond motifs is 1. The van der Waals surface area contributed by atoms with Gasteiger partial charge in [0.1, 0.15) is 0 Å². The Morgan fingerprint density at radius 3 is 3.00 bits per heavy atom. The van der Waals surface area contributed by atoms with E-state index < -0.39 is 0 Å². The molecule has 2 aromatic rings. The van der Waals surface area contributed by atoms with Gasteiger partial charge in [0.05, 0.1) is 16.1 Å². The molecule has 2 rings (SSSR count). The van der Waals surface area contributed by atoms with Crippen molar-refractivity contribution in [2.45, 2.75) is 31.1 Å². The van der Waals surface area contributed by atoms with Crippen LogP contribution in [0, 0.1) is 0 Å². The Bertz CT molecular complexity index is 487. The highest BCUT2D eigenvalue weighted by molar-refractivity contribution is 8.21. The van der Waals surface area contributed by atoms with Crippen molar-refractivity contribution in [3.63, 3.8) is 0 Å². The van der Waals surface area contributed by atoms with E-state index >= 15 is 0 Å². The van der Waals surface area contributed by atoms with E-state index in [0.29, 0.717) is 0 Å².